The Balaban J connectivity index is 2.60. The molecule has 0 saturated carbocycles. The van der Waals surface area contributed by atoms with Gasteiger partial charge in [-0.3, -0.25) is 0 Å². The van der Waals surface area contributed by atoms with Crippen LogP contribution in [0.15, 0.2) is 36.6 Å². The van der Waals surface area contributed by atoms with Crippen LogP contribution in [0.25, 0.3) is 5.57 Å². The summed E-state index contributed by atoms with van der Waals surface area (Å²) in [6.45, 7) is 7.92. The zero-order chi connectivity index (χ0) is 9.42. The summed E-state index contributed by atoms with van der Waals surface area (Å²) >= 11 is 0. The number of hydrogen-bond donors (Lipinski definition) is 0. The molecule has 66 valence electrons. The molecule has 0 radical (unpaired) electrons. The second-order valence-electron chi connectivity index (χ2n) is 3.40. The van der Waals surface area contributed by atoms with Crippen molar-refractivity contribution in [3.8, 4) is 5.75 Å². The van der Waals surface area contributed by atoms with Gasteiger partial charge in [0.15, 0.2) is 0 Å². The van der Waals surface area contributed by atoms with Crippen LogP contribution in [-0.2, 0) is 0 Å². The van der Waals surface area contributed by atoms with E-state index >= 15 is 0 Å². The Hall–Kier alpha value is -1.50. The SMILES string of the molecule is C=C1C=C(C)c2ccc(C)cc2O1. The molecule has 1 heterocycles. The minimum atomic E-state index is 0.718. The lowest BCUT2D eigenvalue weighted by Crippen LogP contribution is -2.00. The average Bonchev–Trinajstić information content (AvgIpc) is 2.02. The molecule has 0 amide bonds. The maximum absolute atomic E-state index is 5.51. The summed E-state index contributed by atoms with van der Waals surface area (Å²) in [5, 5.41) is 0. The number of hydrogen-bond acceptors (Lipinski definition) is 1. The molecule has 13 heavy (non-hydrogen) atoms. The number of allylic oxidation sites excluding steroid dienone is 2. The Bertz CT molecular complexity index is 400. The molecule has 0 spiro atoms. The molecule has 0 bridgehead atoms. The maximum atomic E-state index is 5.51. The number of ether oxygens (including phenoxy) is 1. The largest absolute Gasteiger partial charge is 0.457 e. The van der Waals surface area contributed by atoms with Gasteiger partial charge in [0.05, 0.1) is 0 Å². The summed E-state index contributed by atoms with van der Waals surface area (Å²) in [6.07, 6.45) is 1.96. The predicted molar refractivity (Wildman–Crippen MR) is 54.6 cm³/mol. The van der Waals surface area contributed by atoms with E-state index in [-0.39, 0.29) is 0 Å². The minimum Gasteiger partial charge on any atom is -0.457 e. The van der Waals surface area contributed by atoms with Crippen LogP contribution in [-0.4, -0.2) is 0 Å². The Morgan fingerprint density at radius 3 is 2.77 bits per heavy atom. The second-order valence-corrected chi connectivity index (χ2v) is 3.40. The summed E-state index contributed by atoms with van der Waals surface area (Å²) in [5.74, 6) is 1.64. The van der Waals surface area contributed by atoms with Gasteiger partial charge >= 0.3 is 0 Å². The van der Waals surface area contributed by atoms with E-state index in [2.05, 4.69) is 32.6 Å². The van der Waals surface area contributed by atoms with Crippen LogP contribution in [0.2, 0.25) is 0 Å². The standard InChI is InChI=1S/C12H12O/c1-8-4-5-11-9(2)7-10(3)13-12(11)6-8/h4-7H,3H2,1-2H3. The minimum absolute atomic E-state index is 0.718. The first-order chi connectivity index (χ1) is 6.16. The van der Waals surface area contributed by atoms with Gasteiger partial charge in [0.2, 0.25) is 0 Å². The quantitative estimate of drug-likeness (QED) is 0.583. The van der Waals surface area contributed by atoms with Crippen molar-refractivity contribution in [3.05, 3.63) is 47.7 Å². The summed E-state index contributed by atoms with van der Waals surface area (Å²) in [4.78, 5) is 0. The van der Waals surface area contributed by atoms with Gasteiger partial charge in [-0.05, 0) is 37.1 Å². The van der Waals surface area contributed by atoms with Crippen LogP contribution < -0.4 is 4.74 Å². The van der Waals surface area contributed by atoms with Gasteiger partial charge in [-0.15, -0.1) is 0 Å². The molecule has 1 aliphatic rings. The molecule has 1 heteroatoms. The number of aryl methyl sites for hydroxylation is 1. The zero-order valence-electron chi connectivity index (χ0n) is 7.92. The summed E-state index contributed by atoms with van der Waals surface area (Å²) in [6, 6.07) is 6.22. The van der Waals surface area contributed by atoms with Crippen LogP contribution in [0.5, 0.6) is 5.75 Å². The Morgan fingerprint density at radius 2 is 2.00 bits per heavy atom. The van der Waals surface area contributed by atoms with Crippen LogP contribution in [0.3, 0.4) is 0 Å². The lowest BCUT2D eigenvalue weighted by molar-refractivity contribution is 0.440. The fourth-order valence-corrected chi connectivity index (χ4v) is 1.53. The third kappa shape index (κ3) is 1.37. The summed E-state index contributed by atoms with van der Waals surface area (Å²) < 4.78 is 5.51. The van der Waals surface area contributed by atoms with Crippen LogP contribution in [0.1, 0.15) is 18.1 Å². The van der Waals surface area contributed by atoms with Crippen molar-refractivity contribution in [1.82, 2.24) is 0 Å². The highest BCUT2D eigenvalue weighted by Gasteiger charge is 2.12. The number of fused-ring (bicyclic) bond motifs is 1. The smallest absolute Gasteiger partial charge is 0.135 e. The number of rotatable bonds is 0. The lowest BCUT2D eigenvalue weighted by atomic mass is 10.0. The van der Waals surface area contributed by atoms with E-state index in [0.29, 0.717) is 0 Å². The molecule has 0 unspecified atom stereocenters. The molecule has 0 aliphatic carbocycles. The van der Waals surface area contributed by atoms with E-state index in [1.165, 1.54) is 11.1 Å². The Morgan fingerprint density at radius 1 is 1.23 bits per heavy atom. The maximum Gasteiger partial charge on any atom is 0.135 e. The normalized spacial score (nSPS) is 14.6. The first-order valence-corrected chi connectivity index (χ1v) is 4.33. The third-order valence-corrected chi connectivity index (χ3v) is 2.18. The van der Waals surface area contributed by atoms with E-state index in [1.807, 2.05) is 12.1 Å². The van der Waals surface area contributed by atoms with E-state index < -0.39 is 0 Å². The molecule has 0 aromatic heterocycles. The zero-order valence-corrected chi connectivity index (χ0v) is 7.92. The van der Waals surface area contributed by atoms with Crippen molar-refractivity contribution in [2.24, 2.45) is 0 Å². The Labute approximate surface area is 78.3 Å². The van der Waals surface area contributed by atoms with E-state index in [1.54, 1.807) is 0 Å². The highest BCUT2D eigenvalue weighted by atomic mass is 16.5. The van der Waals surface area contributed by atoms with Crippen molar-refractivity contribution in [3.63, 3.8) is 0 Å². The molecule has 0 saturated heterocycles. The van der Waals surface area contributed by atoms with Gasteiger partial charge < -0.3 is 4.74 Å². The highest BCUT2D eigenvalue weighted by Crippen LogP contribution is 2.32. The van der Waals surface area contributed by atoms with Gasteiger partial charge in [-0.1, -0.05) is 18.7 Å². The Kier molecular flexibility index (Phi) is 1.73. The molecular formula is C12H12O. The van der Waals surface area contributed by atoms with Gasteiger partial charge in [0.25, 0.3) is 0 Å². The van der Waals surface area contributed by atoms with Crippen LogP contribution >= 0.6 is 0 Å². The first-order valence-electron chi connectivity index (χ1n) is 4.33. The molecule has 1 aliphatic heterocycles. The topological polar surface area (TPSA) is 9.23 Å². The van der Waals surface area contributed by atoms with E-state index in [4.69, 9.17) is 4.74 Å². The van der Waals surface area contributed by atoms with Crippen molar-refractivity contribution < 1.29 is 4.74 Å². The molecule has 0 N–H and O–H groups in total. The highest BCUT2D eigenvalue weighted by molar-refractivity contribution is 5.73. The predicted octanol–water partition coefficient (Wildman–Crippen LogP) is 3.30. The fourth-order valence-electron chi connectivity index (χ4n) is 1.53. The van der Waals surface area contributed by atoms with Crippen LogP contribution in [0, 0.1) is 6.92 Å². The van der Waals surface area contributed by atoms with Gasteiger partial charge in [0.1, 0.15) is 11.5 Å². The molecule has 0 atom stereocenters. The molecule has 1 aromatic rings. The van der Waals surface area contributed by atoms with Crippen molar-refractivity contribution >= 4 is 5.57 Å². The fraction of sp³-hybridized carbons (Fsp3) is 0.167. The van der Waals surface area contributed by atoms with Gasteiger partial charge in [-0.25, -0.2) is 0 Å². The molecule has 2 rings (SSSR count). The first kappa shape index (κ1) is 8.11. The average molecular weight is 172 g/mol. The molecular weight excluding hydrogens is 160 g/mol. The van der Waals surface area contributed by atoms with Crippen molar-refractivity contribution in [2.75, 3.05) is 0 Å². The summed E-state index contributed by atoms with van der Waals surface area (Å²) in [5.41, 5.74) is 3.59. The molecule has 1 nitrogen and oxygen atoms in total. The van der Waals surface area contributed by atoms with E-state index in [0.717, 1.165) is 17.1 Å². The van der Waals surface area contributed by atoms with Crippen molar-refractivity contribution in [1.29, 1.82) is 0 Å². The van der Waals surface area contributed by atoms with Crippen LogP contribution in [0.4, 0.5) is 0 Å². The van der Waals surface area contributed by atoms with Gasteiger partial charge in [0, 0.05) is 5.56 Å². The summed E-state index contributed by atoms with van der Waals surface area (Å²) in [7, 11) is 0. The monoisotopic (exact) mass is 172 g/mol. The van der Waals surface area contributed by atoms with Gasteiger partial charge in [-0.2, -0.15) is 0 Å². The molecule has 1 aromatic carbocycles. The second kappa shape index (κ2) is 2.77. The molecule has 0 fully saturated rings. The third-order valence-electron chi connectivity index (χ3n) is 2.18. The van der Waals surface area contributed by atoms with E-state index in [9.17, 15) is 0 Å². The number of benzene rings is 1. The van der Waals surface area contributed by atoms with Crippen molar-refractivity contribution in [2.45, 2.75) is 13.8 Å². The lowest BCUT2D eigenvalue weighted by Gasteiger charge is -2.17.